The zero-order chi connectivity index (χ0) is 16.5. The van der Waals surface area contributed by atoms with Crippen molar-refractivity contribution in [1.82, 2.24) is 9.78 Å². The summed E-state index contributed by atoms with van der Waals surface area (Å²) in [5, 5.41) is 7.16. The van der Waals surface area contributed by atoms with E-state index in [1.165, 1.54) is 5.56 Å². The van der Waals surface area contributed by atoms with Crippen molar-refractivity contribution < 1.29 is 4.79 Å². The molecule has 0 atom stereocenters. The molecule has 122 valence electrons. The lowest BCUT2D eigenvalue weighted by atomic mass is 10.1. The normalized spacial score (nSPS) is 11.5. The van der Waals surface area contributed by atoms with E-state index in [9.17, 15) is 4.79 Å². The molecule has 0 unspecified atom stereocenters. The molecule has 2 aromatic rings. The van der Waals surface area contributed by atoms with E-state index in [1.807, 2.05) is 35.9 Å². The number of rotatable bonds is 8. The summed E-state index contributed by atoms with van der Waals surface area (Å²) in [4.78, 5) is 12.1. The van der Waals surface area contributed by atoms with Crippen molar-refractivity contribution in [2.75, 3.05) is 5.32 Å². The molecule has 0 aliphatic heterocycles. The van der Waals surface area contributed by atoms with Crippen molar-refractivity contribution in [3.8, 4) is 0 Å². The fraction of sp³-hybridized carbons (Fsp3) is 0.368. The summed E-state index contributed by atoms with van der Waals surface area (Å²) in [7, 11) is 0. The molecule has 2 rings (SSSR count). The quantitative estimate of drug-likeness (QED) is 0.743. The first kappa shape index (κ1) is 17.0. The van der Waals surface area contributed by atoms with Gasteiger partial charge < -0.3 is 5.32 Å². The van der Waals surface area contributed by atoms with E-state index in [-0.39, 0.29) is 5.91 Å². The van der Waals surface area contributed by atoms with Crippen LogP contribution in [-0.2, 0) is 17.8 Å². The maximum atomic E-state index is 12.1. The van der Waals surface area contributed by atoms with Gasteiger partial charge in [0.1, 0.15) is 5.82 Å². The molecule has 1 N–H and O–H groups in total. The first-order valence-electron chi connectivity index (χ1n) is 8.23. The van der Waals surface area contributed by atoms with E-state index in [4.69, 9.17) is 0 Å². The van der Waals surface area contributed by atoms with E-state index in [2.05, 4.69) is 29.5 Å². The Kier molecular flexibility index (Phi) is 6.60. The van der Waals surface area contributed by atoms with Crippen molar-refractivity contribution in [2.24, 2.45) is 0 Å². The Morgan fingerprint density at radius 2 is 2.04 bits per heavy atom. The molecule has 0 saturated carbocycles. The minimum Gasteiger partial charge on any atom is -0.307 e. The molecule has 0 radical (unpaired) electrons. The smallest absolute Gasteiger partial charge is 0.249 e. The zero-order valence-corrected chi connectivity index (χ0v) is 14.0. The molecule has 0 aliphatic carbocycles. The van der Waals surface area contributed by atoms with Gasteiger partial charge in [-0.05, 0) is 31.7 Å². The number of allylic oxidation sites excluding steroid dienone is 1. The Labute approximate surface area is 138 Å². The number of carbonyl (C=O) groups is 1. The largest absolute Gasteiger partial charge is 0.307 e. The molecule has 0 spiro atoms. The second-order valence-electron chi connectivity index (χ2n) is 5.76. The fourth-order valence-corrected chi connectivity index (χ4v) is 2.37. The average Bonchev–Trinajstić information content (AvgIpc) is 2.98. The monoisotopic (exact) mass is 311 g/mol. The van der Waals surface area contributed by atoms with E-state index in [1.54, 1.807) is 12.3 Å². The lowest BCUT2D eigenvalue weighted by molar-refractivity contribution is -0.112. The molecule has 4 nitrogen and oxygen atoms in total. The molecule has 23 heavy (non-hydrogen) atoms. The van der Waals surface area contributed by atoms with Gasteiger partial charge in [-0.1, -0.05) is 49.2 Å². The van der Waals surface area contributed by atoms with Gasteiger partial charge in [-0.2, -0.15) is 5.10 Å². The SMILES string of the molecule is CCCCn1nccc1NC(=O)/C=C(/C)CCc1ccccc1. The molecular formula is C19H25N3O. The van der Waals surface area contributed by atoms with E-state index in [0.717, 1.165) is 43.6 Å². The van der Waals surface area contributed by atoms with Crippen LogP contribution >= 0.6 is 0 Å². The van der Waals surface area contributed by atoms with Crippen LogP contribution in [0.4, 0.5) is 5.82 Å². The van der Waals surface area contributed by atoms with Gasteiger partial charge in [0.05, 0.1) is 6.20 Å². The molecule has 4 heteroatoms. The minimum atomic E-state index is -0.0891. The fourth-order valence-electron chi connectivity index (χ4n) is 2.37. The van der Waals surface area contributed by atoms with Gasteiger partial charge in [-0.15, -0.1) is 0 Å². The maximum absolute atomic E-state index is 12.1. The summed E-state index contributed by atoms with van der Waals surface area (Å²) < 4.78 is 1.84. The third-order valence-corrected chi connectivity index (χ3v) is 3.72. The van der Waals surface area contributed by atoms with Gasteiger partial charge in [-0.3, -0.25) is 4.79 Å². The van der Waals surface area contributed by atoms with Gasteiger partial charge in [-0.25, -0.2) is 4.68 Å². The zero-order valence-electron chi connectivity index (χ0n) is 14.0. The summed E-state index contributed by atoms with van der Waals surface area (Å²) in [6.45, 7) is 4.97. The van der Waals surface area contributed by atoms with Crippen LogP contribution in [0.5, 0.6) is 0 Å². The number of anilines is 1. The number of aryl methyl sites for hydroxylation is 2. The first-order chi connectivity index (χ1) is 11.2. The maximum Gasteiger partial charge on any atom is 0.249 e. The highest BCUT2D eigenvalue weighted by molar-refractivity contribution is 5.99. The van der Waals surface area contributed by atoms with Crippen molar-refractivity contribution >= 4 is 11.7 Å². The number of aromatic nitrogens is 2. The Bertz CT molecular complexity index is 644. The van der Waals surface area contributed by atoms with Crippen LogP contribution in [0.1, 0.15) is 38.7 Å². The number of hydrogen-bond acceptors (Lipinski definition) is 2. The van der Waals surface area contributed by atoms with E-state index >= 15 is 0 Å². The summed E-state index contributed by atoms with van der Waals surface area (Å²) >= 11 is 0. The minimum absolute atomic E-state index is 0.0891. The molecule has 1 heterocycles. The van der Waals surface area contributed by atoms with Crippen LogP contribution < -0.4 is 5.32 Å². The number of amides is 1. The number of nitrogens with zero attached hydrogens (tertiary/aromatic N) is 2. The van der Waals surface area contributed by atoms with Crippen molar-refractivity contribution in [3.05, 3.63) is 59.8 Å². The Hall–Kier alpha value is -2.36. The average molecular weight is 311 g/mol. The molecule has 1 aromatic carbocycles. The number of carbonyl (C=O) groups excluding carboxylic acids is 1. The number of nitrogens with one attached hydrogen (secondary N) is 1. The highest BCUT2D eigenvalue weighted by Crippen LogP contribution is 2.11. The lowest BCUT2D eigenvalue weighted by Crippen LogP contribution is -2.14. The third-order valence-electron chi connectivity index (χ3n) is 3.72. The molecule has 0 bridgehead atoms. The Morgan fingerprint density at radius 3 is 2.78 bits per heavy atom. The van der Waals surface area contributed by atoms with Gasteiger partial charge in [0.15, 0.2) is 0 Å². The first-order valence-corrected chi connectivity index (χ1v) is 8.23. The topological polar surface area (TPSA) is 46.9 Å². The van der Waals surface area contributed by atoms with Gasteiger partial charge in [0, 0.05) is 18.7 Å². The van der Waals surface area contributed by atoms with Crippen molar-refractivity contribution in [1.29, 1.82) is 0 Å². The number of benzene rings is 1. The van der Waals surface area contributed by atoms with Gasteiger partial charge >= 0.3 is 0 Å². The van der Waals surface area contributed by atoms with Crippen molar-refractivity contribution in [3.63, 3.8) is 0 Å². The van der Waals surface area contributed by atoms with Crippen LogP contribution in [0.2, 0.25) is 0 Å². The number of unbranched alkanes of at least 4 members (excludes halogenated alkanes) is 1. The highest BCUT2D eigenvalue weighted by atomic mass is 16.1. The van der Waals surface area contributed by atoms with E-state index < -0.39 is 0 Å². The molecule has 0 fully saturated rings. The molecular weight excluding hydrogens is 286 g/mol. The van der Waals surface area contributed by atoms with Crippen LogP contribution in [0.25, 0.3) is 0 Å². The third kappa shape index (κ3) is 5.74. The second kappa shape index (κ2) is 8.93. The van der Waals surface area contributed by atoms with Crippen LogP contribution in [-0.4, -0.2) is 15.7 Å². The van der Waals surface area contributed by atoms with Gasteiger partial charge in [0.2, 0.25) is 5.91 Å². The van der Waals surface area contributed by atoms with Crippen molar-refractivity contribution in [2.45, 2.75) is 46.1 Å². The Morgan fingerprint density at radius 1 is 1.26 bits per heavy atom. The van der Waals surface area contributed by atoms with Crippen LogP contribution in [0.15, 0.2) is 54.2 Å². The summed E-state index contributed by atoms with van der Waals surface area (Å²) in [5.41, 5.74) is 2.37. The summed E-state index contributed by atoms with van der Waals surface area (Å²) in [5.74, 6) is 0.671. The van der Waals surface area contributed by atoms with Gasteiger partial charge in [0.25, 0.3) is 0 Å². The standard InChI is InChI=1S/C19H25N3O/c1-3-4-14-22-18(12-13-20-22)21-19(23)15-16(2)10-11-17-8-6-5-7-9-17/h5-9,12-13,15H,3-4,10-11,14H2,1-2H3,(H,21,23)/b16-15-. The summed E-state index contributed by atoms with van der Waals surface area (Å²) in [6.07, 6.45) is 7.39. The Balaban J connectivity index is 1.86. The highest BCUT2D eigenvalue weighted by Gasteiger charge is 2.05. The number of hydrogen-bond donors (Lipinski definition) is 1. The molecule has 1 amide bonds. The van der Waals surface area contributed by atoms with E-state index in [0.29, 0.717) is 0 Å². The molecule has 0 saturated heterocycles. The lowest BCUT2D eigenvalue weighted by Gasteiger charge is -2.07. The second-order valence-corrected chi connectivity index (χ2v) is 5.76. The molecule has 1 aromatic heterocycles. The van der Waals surface area contributed by atoms with Crippen LogP contribution in [0, 0.1) is 0 Å². The summed E-state index contributed by atoms with van der Waals surface area (Å²) in [6, 6.07) is 12.2. The van der Waals surface area contributed by atoms with Crippen LogP contribution in [0.3, 0.4) is 0 Å². The molecule has 0 aliphatic rings. The predicted molar refractivity (Wildman–Crippen MR) is 94.3 cm³/mol. The predicted octanol–water partition coefficient (Wildman–Crippen LogP) is 4.20.